The van der Waals surface area contributed by atoms with Crippen LogP contribution in [0.4, 0.5) is 0 Å². The van der Waals surface area contributed by atoms with E-state index in [1.165, 1.54) is 296 Å². The third kappa shape index (κ3) is 27.0. The van der Waals surface area contributed by atoms with Gasteiger partial charge >= 0.3 is 24.9 Å². The molecule has 0 unspecified atom stereocenters. The number of benzene rings is 6. The average molecular weight is 1360 g/mol. The fraction of sp³-hybridized carbons (Fsp3) is 0.600. The van der Waals surface area contributed by atoms with Gasteiger partial charge in [-0.15, -0.1) is 0 Å². The lowest BCUT2D eigenvalue weighted by molar-refractivity contribution is 0.423. The molecule has 6 aromatic rings. The first-order valence-electron chi connectivity index (χ1n) is 40.8. The van der Waals surface area contributed by atoms with Crippen molar-refractivity contribution < 1.29 is 13.0 Å². The van der Waals surface area contributed by atoms with Crippen molar-refractivity contribution in [2.24, 2.45) is 0 Å². The Balaban J connectivity index is 1.65. The Morgan fingerprint density at radius 1 is 0.208 bits per heavy atom. The molecule has 0 spiro atoms. The van der Waals surface area contributed by atoms with Crippen molar-refractivity contribution in [1.29, 1.82) is 0 Å². The standard InChI is InChI=1S/C90H138O3PSi2/c1-7-13-19-25-31-37-43-61-79-67-49-55-73-85(79)95(86-74-56-50-68-80(86)62-44-38-32-26-20-14-8-2,87-75-57-51-69-81(87)63-45-39-33-27-21-15-9-3)92-94(91)93-96(88-76-58-52-70-82(88)64-46-40-34-28-22-16-10-4,89-77-59-53-71-83(89)65-47-41-35-29-23-17-11-5)90-78-60-54-72-84(90)66-48-42-36-30-24-18-12-6/h49-60,67-78H,7-48,61-66H2,1-6H3/q+1. The minimum atomic E-state index is -3.83. The van der Waals surface area contributed by atoms with Crippen LogP contribution >= 0.6 is 8.25 Å². The fourth-order valence-corrected chi connectivity index (χ4v) is 27.9. The van der Waals surface area contributed by atoms with E-state index in [-0.39, 0.29) is 0 Å². The molecule has 0 aromatic heterocycles. The molecule has 6 heteroatoms. The van der Waals surface area contributed by atoms with Crippen molar-refractivity contribution >= 4 is 56.0 Å². The van der Waals surface area contributed by atoms with E-state index in [1.807, 2.05) is 0 Å². The van der Waals surface area contributed by atoms with Crippen LogP contribution in [0.5, 0.6) is 0 Å². The Labute approximate surface area is 594 Å². The van der Waals surface area contributed by atoms with Gasteiger partial charge in [0, 0.05) is 4.57 Å². The van der Waals surface area contributed by atoms with E-state index in [1.54, 1.807) is 0 Å². The molecule has 0 fully saturated rings. The Kier molecular flexibility index (Phi) is 42.2. The van der Waals surface area contributed by atoms with Gasteiger partial charge < -0.3 is 0 Å². The largest absolute Gasteiger partial charge is 0.675 e. The molecule has 0 heterocycles. The molecule has 0 saturated carbocycles. The molecule has 0 saturated heterocycles. The van der Waals surface area contributed by atoms with E-state index < -0.39 is 24.9 Å². The second-order valence-electron chi connectivity index (χ2n) is 28.9. The molecule has 6 rings (SSSR count). The fourth-order valence-electron chi connectivity index (χ4n) is 15.5. The van der Waals surface area contributed by atoms with E-state index in [4.69, 9.17) is 8.43 Å². The summed E-state index contributed by atoms with van der Waals surface area (Å²) in [5, 5.41) is 7.54. The van der Waals surface area contributed by atoms with E-state index in [2.05, 4.69) is 187 Å². The highest BCUT2D eigenvalue weighted by atomic mass is 31.1. The van der Waals surface area contributed by atoms with Crippen LogP contribution in [0.25, 0.3) is 0 Å². The summed E-state index contributed by atoms with van der Waals surface area (Å²) in [7, 11) is -10.5. The molecule has 0 aliphatic rings. The maximum absolute atomic E-state index is 17.7. The molecule has 96 heavy (non-hydrogen) atoms. The summed E-state index contributed by atoms with van der Waals surface area (Å²) in [5.74, 6) is 0. The van der Waals surface area contributed by atoms with Crippen LogP contribution in [0.15, 0.2) is 146 Å². The number of hydrogen-bond acceptors (Lipinski definition) is 3. The Hall–Kier alpha value is -4.23. The van der Waals surface area contributed by atoms with E-state index in [9.17, 15) is 0 Å². The van der Waals surface area contributed by atoms with Gasteiger partial charge in [-0.1, -0.05) is 418 Å². The topological polar surface area (TPSA) is 35.5 Å². The molecule has 0 atom stereocenters. The highest BCUT2D eigenvalue weighted by molar-refractivity contribution is 7.42. The lowest BCUT2D eigenvalue weighted by Gasteiger charge is -2.34. The summed E-state index contributed by atoms with van der Waals surface area (Å²) in [6, 6.07) is 56.4. The predicted molar refractivity (Wildman–Crippen MR) is 428 cm³/mol. The smallest absolute Gasteiger partial charge is 0.159 e. The van der Waals surface area contributed by atoms with Crippen molar-refractivity contribution in [2.45, 2.75) is 350 Å². The highest BCUT2D eigenvalue weighted by Gasteiger charge is 2.59. The molecule has 0 radical (unpaired) electrons. The molecule has 3 nitrogen and oxygen atoms in total. The van der Waals surface area contributed by atoms with Gasteiger partial charge in [0.1, 0.15) is 0 Å². The third-order valence-corrected chi connectivity index (χ3v) is 32.0. The quantitative estimate of drug-likeness (QED) is 0.0165. The van der Waals surface area contributed by atoms with Gasteiger partial charge in [0.15, 0.2) is 0 Å². The maximum atomic E-state index is 17.7. The summed E-state index contributed by atoms with van der Waals surface area (Å²) in [6.07, 6.45) is 58.4. The van der Waals surface area contributed by atoms with Crippen molar-refractivity contribution in [1.82, 2.24) is 0 Å². The van der Waals surface area contributed by atoms with Crippen LogP contribution in [0.3, 0.4) is 0 Å². The van der Waals surface area contributed by atoms with Crippen molar-refractivity contribution in [3.05, 3.63) is 179 Å². The molecule has 528 valence electrons. The summed E-state index contributed by atoms with van der Waals surface area (Å²) in [5.41, 5.74) is 8.09. The molecule has 0 aliphatic heterocycles. The van der Waals surface area contributed by atoms with Gasteiger partial charge in [-0.05, 0) is 142 Å². The maximum Gasteiger partial charge on any atom is 0.675 e. The Morgan fingerprint density at radius 2 is 0.344 bits per heavy atom. The SMILES string of the molecule is CCCCCCCCCc1ccccc1[Si](O[P+](=O)O[Si](c1ccccc1CCCCCCCCC)(c1ccccc1CCCCCCCCC)c1ccccc1CCCCCCCCC)(c1ccccc1CCCCCCCCC)c1ccccc1CCCCCCCCC. The first-order valence-corrected chi connectivity index (χ1v) is 45.7. The van der Waals surface area contributed by atoms with E-state index >= 15 is 4.57 Å². The summed E-state index contributed by atoms with van der Waals surface area (Å²) < 4.78 is 34.6. The molecule has 6 aromatic carbocycles. The zero-order chi connectivity index (χ0) is 67.8. The van der Waals surface area contributed by atoms with Crippen LogP contribution in [0, 0.1) is 0 Å². The molecule has 0 aliphatic carbocycles. The first kappa shape index (κ1) is 80.7. The minimum absolute atomic E-state index is 0.960. The van der Waals surface area contributed by atoms with Gasteiger partial charge in [0.25, 0.3) is 0 Å². The number of rotatable bonds is 58. The minimum Gasteiger partial charge on any atom is -0.159 e. The Bertz CT molecular complexity index is 2470. The molecule has 0 bridgehead atoms. The molecular formula is C90H138O3PSi2+. The van der Waals surface area contributed by atoms with Crippen LogP contribution in [0.2, 0.25) is 0 Å². The van der Waals surface area contributed by atoms with Gasteiger partial charge in [0.2, 0.25) is 0 Å². The second-order valence-corrected chi connectivity index (χ2v) is 36.8. The predicted octanol–water partition coefficient (Wildman–Crippen LogP) is 24.8. The lowest BCUT2D eigenvalue weighted by atomic mass is 10.0. The number of unbranched alkanes of at least 4 members (excludes halogenated alkanes) is 36. The second kappa shape index (κ2) is 50.2. The van der Waals surface area contributed by atoms with Gasteiger partial charge in [0.05, 0.1) is 0 Å². The van der Waals surface area contributed by atoms with Crippen LogP contribution < -0.4 is 31.1 Å². The monoisotopic (exact) mass is 1350 g/mol. The zero-order valence-corrected chi connectivity index (χ0v) is 65.4. The number of aryl methyl sites for hydroxylation is 6. The van der Waals surface area contributed by atoms with Crippen LogP contribution in [-0.2, 0) is 51.5 Å². The summed E-state index contributed by atoms with van der Waals surface area (Å²) in [4.78, 5) is 0. The number of hydrogen-bond donors (Lipinski definition) is 0. The molecular weight excluding hydrogens is 1220 g/mol. The van der Waals surface area contributed by atoms with Crippen LogP contribution in [0.1, 0.15) is 345 Å². The normalized spacial score (nSPS) is 11.9. The summed E-state index contributed by atoms with van der Waals surface area (Å²) >= 11 is 0. The first-order chi connectivity index (χ1) is 47.4. The van der Waals surface area contributed by atoms with Crippen molar-refractivity contribution in [2.75, 3.05) is 0 Å². The lowest BCUT2D eigenvalue weighted by Crippen LogP contribution is -2.72. The van der Waals surface area contributed by atoms with Gasteiger partial charge in [-0.2, -0.15) is 8.43 Å². The van der Waals surface area contributed by atoms with Crippen LogP contribution in [-0.4, -0.2) is 16.6 Å². The van der Waals surface area contributed by atoms with Crippen molar-refractivity contribution in [3.8, 4) is 0 Å². The highest BCUT2D eigenvalue weighted by Crippen LogP contribution is 2.37. The van der Waals surface area contributed by atoms with E-state index in [0.29, 0.717) is 0 Å². The molecule has 0 amide bonds. The van der Waals surface area contributed by atoms with Gasteiger partial charge in [-0.3, -0.25) is 0 Å². The zero-order valence-electron chi connectivity index (χ0n) is 62.5. The van der Waals surface area contributed by atoms with Gasteiger partial charge in [-0.25, -0.2) is 0 Å². The molecule has 0 N–H and O–H groups in total. The average Bonchev–Trinajstić information content (AvgIpc) is 0.732. The third-order valence-electron chi connectivity index (χ3n) is 21.1. The van der Waals surface area contributed by atoms with Crippen molar-refractivity contribution in [3.63, 3.8) is 0 Å². The Morgan fingerprint density at radius 3 is 0.500 bits per heavy atom. The van der Waals surface area contributed by atoms with E-state index in [0.717, 1.165) is 77.0 Å². The summed E-state index contributed by atoms with van der Waals surface area (Å²) in [6.45, 7) is 13.9.